The lowest BCUT2D eigenvalue weighted by molar-refractivity contribution is 0.332. The molecule has 2 nitrogen and oxygen atoms in total. The number of nitrogens with one attached hydrogen (secondary N) is 1. The maximum Gasteiger partial charge on any atom is 0.0678 e. The second-order valence-electron chi connectivity index (χ2n) is 3.94. The van der Waals surface area contributed by atoms with Gasteiger partial charge in [-0.3, -0.25) is 0 Å². The summed E-state index contributed by atoms with van der Waals surface area (Å²) in [5.74, 6) is 0.580. The zero-order valence-electron chi connectivity index (χ0n) is 9.16. The van der Waals surface area contributed by atoms with Crippen LogP contribution in [0.1, 0.15) is 26.7 Å². The van der Waals surface area contributed by atoms with Crippen LogP contribution in [0.15, 0.2) is 23.8 Å². The monoisotopic (exact) mass is 195 g/mol. The predicted molar refractivity (Wildman–Crippen MR) is 60.2 cm³/mol. The van der Waals surface area contributed by atoms with E-state index in [1.807, 2.05) is 6.08 Å². The van der Waals surface area contributed by atoms with Crippen LogP contribution in [0.3, 0.4) is 0 Å². The van der Waals surface area contributed by atoms with Crippen molar-refractivity contribution in [2.45, 2.75) is 32.7 Å². The van der Waals surface area contributed by atoms with Crippen molar-refractivity contribution in [1.29, 1.82) is 0 Å². The number of aliphatic hydroxyl groups is 1. The van der Waals surface area contributed by atoms with Crippen molar-refractivity contribution in [3.05, 3.63) is 23.8 Å². The lowest BCUT2D eigenvalue weighted by Crippen LogP contribution is -2.33. The highest BCUT2D eigenvalue weighted by Crippen LogP contribution is 2.19. The zero-order valence-corrected chi connectivity index (χ0v) is 9.16. The summed E-state index contributed by atoms with van der Waals surface area (Å²) in [6.45, 7) is 5.66. The fraction of sp³-hybridized carbons (Fsp3) is 0.667. The smallest absolute Gasteiger partial charge is 0.0678 e. The Kier molecular flexibility index (Phi) is 4.91. The predicted octanol–water partition coefficient (Wildman–Crippen LogP) is 1.87. The maximum absolute atomic E-state index is 8.92. The van der Waals surface area contributed by atoms with E-state index in [0.717, 1.165) is 18.5 Å². The van der Waals surface area contributed by atoms with E-state index < -0.39 is 0 Å². The van der Waals surface area contributed by atoms with Crippen LogP contribution in [0.25, 0.3) is 0 Å². The molecule has 0 saturated heterocycles. The van der Waals surface area contributed by atoms with Gasteiger partial charge < -0.3 is 10.4 Å². The Morgan fingerprint density at radius 1 is 1.64 bits per heavy atom. The highest BCUT2D eigenvalue weighted by atomic mass is 16.3. The molecule has 0 spiro atoms. The van der Waals surface area contributed by atoms with Gasteiger partial charge in [-0.2, -0.15) is 0 Å². The van der Waals surface area contributed by atoms with E-state index in [2.05, 4.69) is 31.3 Å². The SMILES string of the molecule is CCCNC(C)C1C=CC(CO)=CC1. The Morgan fingerprint density at radius 2 is 2.43 bits per heavy atom. The van der Waals surface area contributed by atoms with E-state index in [1.54, 1.807) is 0 Å². The minimum absolute atomic E-state index is 0.167. The van der Waals surface area contributed by atoms with E-state index in [0.29, 0.717) is 12.0 Å². The van der Waals surface area contributed by atoms with Crippen LogP contribution < -0.4 is 5.32 Å². The van der Waals surface area contributed by atoms with E-state index in [9.17, 15) is 0 Å². The van der Waals surface area contributed by atoms with Gasteiger partial charge in [0.2, 0.25) is 0 Å². The van der Waals surface area contributed by atoms with Gasteiger partial charge in [-0.05, 0) is 37.8 Å². The van der Waals surface area contributed by atoms with Gasteiger partial charge in [0.1, 0.15) is 0 Å². The molecule has 0 saturated carbocycles. The molecule has 0 fully saturated rings. The van der Waals surface area contributed by atoms with Gasteiger partial charge in [-0.1, -0.05) is 25.2 Å². The van der Waals surface area contributed by atoms with E-state index in [4.69, 9.17) is 5.11 Å². The third-order valence-corrected chi connectivity index (χ3v) is 2.75. The summed E-state index contributed by atoms with van der Waals surface area (Å²) in [4.78, 5) is 0. The first-order valence-corrected chi connectivity index (χ1v) is 5.49. The number of rotatable bonds is 5. The molecule has 2 heteroatoms. The van der Waals surface area contributed by atoms with Gasteiger partial charge in [0.25, 0.3) is 0 Å². The van der Waals surface area contributed by atoms with E-state index in [-0.39, 0.29) is 6.61 Å². The van der Waals surface area contributed by atoms with Crippen molar-refractivity contribution in [3.8, 4) is 0 Å². The molecule has 0 amide bonds. The molecule has 0 bridgehead atoms. The van der Waals surface area contributed by atoms with E-state index in [1.165, 1.54) is 6.42 Å². The molecule has 2 N–H and O–H groups in total. The molecule has 1 rings (SSSR count). The molecule has 0 heterocycles. The number of hydrogen-bond donors (Lipinski definition) is 2. The Morgan fingerprint density at radius 3 is 2.93 bits per heavy atom. The zero-order chi connectivity index (χ0) is 10.4. The molecule has 0 radical (unpaired) electrons. The second kappa shape index (κ2) is 5.99. The summed E-state index contributed by atoms with van der Waals surface area (Å²) in [6, 6.07) is 0.530. The third-order valence-electron chi connectivity index (χ3n) is 2.75. The Labute approximate surface area is 86.7 Å². The Balaban J connectivity index is 2.35. The number of aliphatic hydroxyl groups excluding tert-OH is 1. The maximum atomic E-state index is 8.92. The molecule has 0 aromatic heterocycles. The third kappa shape index (κ3) is 3.28. The van der Waals surface area contributed by atoms with Gasteiger partial charge in [0, 0.05) is 6.04 Å². The average Bonchev–Trinajstić information content (AvgIpc) is 2.26. The topological polar surface area (TPSA) is 32.3 Å². The van der Waals surface area contributed by atoms with Crippen LogP contribution in [0, 0.1) is 5.92 Å². The molecule has 0 aromatic rings. The van der Waals surface area contributed by atoms with Gasteiger partial charge >= 0.3 is 0 Å². The van der Waals surface area contributed by atoms with Crippen LogP contribution >= 0.6 is 0 Å². The van der Waals surface area contributed by atoms with Crippen LogP contribution in [0.5, 0.6) is 0 Å². The van der Waals surface area contributed by atoms with Crippen molar-refractivity contribution in [1.82, 2.24) is 5.32 Å². The molecule has 0 aromatic carbocycles. The van der Waals surface area contributed by atoms with Crippen LogP contribution in [-0.2, 0) is 0 Å². The molecule has 2 atom stereocenters. The highest BCUT2D eigenvalue weighted by Gasteiger charge is 2.14. The normalized spacial score (nSPS) is 23.4. The molecule has 0 aliphatic heterocycles. The fourth-order valence-corrected chi connectivity index (χ4v) is 1.69. The molecule has 1 aliphatic carbocycles. The summed E-state index contributed by atoms with van der Waals surface area (Å²) in [6.07, 6.45) is 8.61. The minimum Gasteiger partial charge on any atom is -0.392 e. The average molecular weight is 195 g/mol. The van der Waals surface area contributed by atoms with Gasteiger partial charge in [0.15, 0.2) is 0 Å². The van der Waals surface area contributed by atoms with Crippen LogP contribution in [-0.4, -0.2) is 24.3 Å². The Hall–Kier alpha value is -0.600. The Bertz CT molecular complexity index is 220. The quantitative estimate of drug-likeness (QED) is 0.702. The standard InChI is InChI=1S/C12H21NO/c1-3-8-13-10(2)12-6-4-11(9-14)5-7-12/h4-6,10,12-14H,3,7-9H2,1-2H3. The molecule has 14 heavy (non-hydrogen) atoms. The second-order valence-corrected chi connectivity index (χ2v) is 3.94. The lowest BCUT2D eigenvalue weighted by Gasteiger charge is -2.23. The summed E-state index contributed by atoms with van der Waals surface area (Å²) >= 11 is 0. The van der Waals surface area contributed by atoms with Crippen molar-refractivity contribution in [2.75, 3.05) is 13.2 Å². The first-order valence-electron chi connectivity index (χ1n) is 5.49. The van der Waals surface area contributed by atoms with Crippen LogP contribution in [0.2, 0.25) is 0 Å². The van der Waals surface area contributed by atoms with Crippen LogP contribution in [0.4, 0.5) is 0 Å². The fourth-order valence-electron chi connectivity index (χ4n) is 1.69. The minimum atomic E-state index is 0.167. The lowest BCUT2D eigenvalue weighted by atomic mass is 9.91. The summed E-state index contributed by atoms with van der Waals surface area (Å²) in [7, 11) is 0. The molecular formula is C12H21NO. The number of allylic oxidation sites excluding steroid dienone is 1. The number of hydrogen-bond acceptors (Lipinski definition) is 2. The molecule has 2 unspecified atom stereocenters. The molecular weight excluding hydrogens is 174 g/mol. The summed E-state index contributed by atoms with van der Waals surface area (Å²) in [5.41, 5.74) is 1.05. The van der Waals surface area contributed by atoms with Crippen molar-refractivity contribution in [3.63, 3.8) is 0 Å². The summed E-state index contributed by atoms with van der Waals surface area (Å²) in [5, 5.41) is 12.4. The largest absolute Gasteiger partial charge is 0.392 e. The highest BCUT2D eigenvalue weighted by molar-refractivity contribution is 5.24. The van der Waals surface area contributed by atoms with Crippen molar-refractivity contribution < 1.29 is 5.11 Å². The van der Waals surface area contributed by atoms with Gasteiger partial charge in [0.05, 0.1) is 6.61 Å². The molecule has 1 aliphatic rings. The van der Waals surface area contributed by atoms with Gasteiger partial charge in [-0.25, -0.2) is 0 Å². The first-order chi connectivity index (χ1) is 6.77. The molecule has 80 valence electrons. The van der Waals surface area contributed by atoms with E-state index >= 15 is 0 Å². The van der Waals surface area contributed by atoms with Crippen molar-refractivity contribution in [2.24, 2.45) is 5.92 Å². The van der Waals surface area contributed by atoms with Crippen molar-refractivity contribution >= 4 is 0 Å². The first kappa shape index (κ1) is 11.5. The summed E-state index contributed by atoms with van der Waals surface area (Å²) < 4.78 is 0. The van der Waals surface area contributed by atoms with Gasteiger partial charge in [-0.15, -0.1) is 0 Å².